The first-order chi connectivity index (χ1) is 12.6. The van der Waals surface area contributed by atoms with Crippen LogP contribution in [-0.2, 0) is 17.8 Å². The summed E-state index contributed by atoms with van der Waals surface area (Å²) in [4.78, 5) is 12.3. The second-order valence-electron chi connectivity index (χ2n) is 7.13. The predicted molar refractivity (Wildman–Crippen MR) is 101 cm³/mol. The molecule has 5 heteroatoms. The molecule has 1 N–H and O–H groups in total. The van der Waals surface area contributed by atoms with Crippen LogP contribution in [0.15, 0.2) is 28.8 Å². The van der Waals surface area contributed by atoms with E-state index in [0.717, 1.165) is 54.9 Å². The van der Waals surface area contributed by atoms with Gasteiger partial charge >= 0.3 is 0 Å². The van der Waals surface area contributed by atoms with Crippen molar-refractivity contribution < 1.29 is 14.1 Å². The first kappa shape index (κ1) is 18.5. The number of rotatable bonds is 8. The molecule has 2 aromatic rings. The Kier molecular flexibility index (Phi) is 5.96. The first-order valence-electron chi connectivity index (χ1n) is 9.64. The Morgan fingerprint density at radius 3 is 2.77 bits per heavy atom. The zero-order valence-electron chi connectivity index (χ0n) is 15.9. The highest BCUT2D eigenvalue weighted by atomic mass is 16.5. The third-order valence-electron chi connectivity index (χ3n) is 4.83. The van der Waals surface area contributed by atoms with E-state index in [0.29, 0.717) is 6.54 Å². The Labute approximate surface area is 155 Å². The molecule has 1 aromatic carbocycles. The SMILES string of the molecule is CCCC(CCC)C(=O)NCc1cc(-c2ccc3c(c2)CC(C)O3)on1. The molecule has 3 rings (SSSR count). The van der Waals surface area contributed by atoms with Crippen LogP contribution in [0.25, 0.3) is 11.3 Å². The van der Waals surface area contributed by atoms with Gasteiger partial charge in [-0.15, -0.1) is 0 Å². The Bertz CT molecular complexity index is 747. The van der Waals surface area contributed by atoms with Crippen LogP contribution in [0.2, 0.25) is 0 Å². The smallest absolute Gasteiger partial charge is 0.223 e. The van der Waals surface area contributed by atoms with Gasteiger partial charge in [-0.25, -0.2) is 0 Å². The van der Waals surface area contributed by atoms with Gasteiger partial charge in [-0.1, -0.05) is 31.8 Å². The van der Waals surface area contributed by atoms with Crippen LogP contribution in [0.3, 0.4) is 0 Å². The fourth-order valence-corrected chi connectivity index (χ4v) is 3.53. The topological polar surface area (TPSA) is 64.4 Å². The Balaban J connectivity index is 1.62. The predicted octanol–water partition coefficient (Wildman–Crippen LogP) is 4.50. The third-order valence-corrected chi connectivity index (χ3v) is 4.83. The van der Waals surface area contributed by atoms with E-state index < -0.39 is 0 Å². The summed E-state index contributed by atoms with van der Waals surface area (Å²) in [5.74, 6) is 1.87. The molecule has 0 fully saturated rings. The van der Waals surface area contributed by atoms with Crippen molar-refractivity contribution in [3.8, 4) is 17.1 Å². The highest BCUT2D eigenvalue weighted by Gasteiger charge is 2.20. The van der Waals surface area contributed by atoms with Crippen molar-refractivity contribution in [3.05, 3.63) is 35.5 Å². The van der Waals surface area contributed by atoms with Crippen LogP contribution in [0.1, 0.15) is 57.7 Å². The Morgan fingerprint density at radius 1 is 1.27 bits per heavy atom. The quantitative estimate of drug-likeness (QED) is 0.756. The van der Waals surface area contributed by atoms with Crippen LogP contribution < -0.4 is 10.1 Å². The number of carbonyl (C=O) groups is 1. The van der Waals surface area contributed by atoms with Gasteiger partial charge in [0.05, 0.1) is 6.54 Å². The van der Waals surface area contributed by atoms with Crippen LogP contribution >= 0.6 is 0 Å². The maximum atomic E-state index is 12.3. The molecule has 0 radical (unpaired) electrons. The minimum atomic E-state index is 0.0927. The van der Waals surface area contributed by atoms with Crippen LogP contribution in [0.4, 0.5) is 0 Å². The minimum absolute atomic E-state index is 0.0927. The van der Waals surface area contributed by atoms with E-state index >= 15 is 0 Å². The maximum absolute atomic E-state index is 12.3. The molecule has 0 bridgehead atoms. The summed E-state index contributed by atoms with van der Waals surface area (Å²) < 4.78 is 11.2. The summed E-state index contributed by atoms with van der Waals surface area (Å²) in [5.41, 5.74) is 2.93. The highest BCUT2D eigenvalue weighted by molar-refractivity contribution is 5.78. The Hall–Kier alpha value is -2.30. The third kappa shape index (κ3) is 4.26. The van der Waals surface area contributed by atoms with Gasteiger partial charge < -0.3 is 14.6 Å². The number of nitrogens with zero attached hydrogens (tertiary/aromatic N) is 1. The number of carbonyl (C=O) groups excluding carboxylic acids is 1. The maximum Gasteiger partial charge on any atom is 0.223 e. The normalized spacial score (nSPS) is 15.8. The van der Waals surface area contributed by atoms with Crippen LogP contribution in [0, 0.1) is 5.92 Å². The molecule has 0 aliphatic carbocycles. The fraction of sp³-hybridized carbons (Fsp3) is 0.524. The Morgan fingerprint density at radius 2 is 2.04 bits per heavy atom. The molecule has 1 aliphatic heterocycles. The van der Waals surface area contributed by atoms with Crippen molar-refractivity contribution in [3.63, 3.8) is 0 Å². The van der Waals surface area contributed by atoms with Crippen molar-refractivity contribution in [2.45, 2.75) is 65.5 Å². The number of ether oxygens (including phenoxy) is 1. The summed E-state index contributed by atoms with van der Waals surface area (Å²) in [5, 5.41) is 7.10. The molecule has 140 valence electrons. The second-order valence-corrected chi connectivity index (χ2v) is 7.13. The summed E-state index contributed by atoms with van der Waals surface area (Å²) >= 11 is 0. The lowest BCUT2D eigenvalue weighted by molar-refractivity contribution is -0.125. The summed E-state index contributed by atoms with van der Waals surface area (Å²) in [6, 6.07) is 7.96. The van der Waals surface area contributed by atoms with Crippen LogP contribution in [0.5, 0.6) is 5.75 Å². The van der Waals surface area contributed by atoms with Gasteiger partial charge in [-0.2, -0.15) is 0 Å². The lowest BCUT2D eigenvalue weighted by Crippen LogP contribution is -2.30. The number of benzene rings is 1. The second kappa shape index (κ2) is 8.39. The lowest BCUT2D eigenvalue weighted by atomic mass is 9.97. The lowest BCUT2D eigenvalue weighted by Gasteiger charge is -2.14. The fourth-order valence-electron chi connectivity index (χ4n) is 3.53. The number of hydrogen-bond acceptors (Lipinski definition) is 4. The van der Waals surface area contributed by atoms with E-state index in [-0.39, 0.29) is 17.9 Å². The van der Waals surface area contributed by atoms with E-state index in [1.54, 1.807) is 0 Å². The van der Waals surface area contributed by atoms with Crippen molar-refractivity contribution in [1.82, 2.24) is 10.5 Å². The molecule has 0 saturated heterocycles. The van der Waals surface area contributed by atoms with E-state index in [9.17, 15) is 4.79 Å². The van der Waals surface area contributed by atoms with Gasteiger partial charge in [-0.3, -0.25) is 4.79 Å². The molecule has 0 spiro atoms. The molecule has 0 saturated carbocycles. The largest absolute Gasteiger partial charge is 0.490 e. The molecule has 26 heavy (non-hydrogen) atoms. The number of aromatic nitrogens is 1. The average Bonchev–Trinajstić information content (AvgIpc) is 3.24. The zero-order valence-corrected chi connectivity index (χ0v) is 15.9. The number of fused-ring (bicyclic) bond motifs is 1. The van der Waals surface area contributed by atoms with Gasteiger partial charge in [-0.05, 0) is 43.5 Å². The monoisotopic (exact) mass is 356 g/mol. The van der Waals surface area contributed by atoms with Gasteiger partial charge in [0.2, 0.25) is 5.91 Å². The summed E-state index contributed by atoms with van der Waals surface area (Å²) in [6.45, 7) is 6.70. The molecule has 1 amide bonds. The van der Waals surface area contributed by atoms with Crippen molar-refractivity contribution in [1.29, 1.82) is 0 Å². The molecule has 1 aliphatic rings. The average molecular weight is 356 g/mol. The van der Waals surface area contributed by atoms with E-state index in [1.807, 2.05) is 18.2 Å². The molecular formula is C21H28N2O3. The van der Waals surface area contributed by atoms with Crippen molar-refractivity contribution in [2.75, 3.05) is 0 Å². The molecule has 2 heterocycles. The number of nitrogens with one attached hydrogen (secondary N) is 1. The highest BCUT2D eigenvalue weighted by Crippen LogP contribution is 2.33. The van der Waals surface area contributed by atoms with E-state index in [2.05, 4.69) is 37.3 Å². The summed E-state index contributed by atoms with van der Waals surface area (Å²) in [6.07, 6.45) is 5.04. The van der Waals surface area contributed by atoms with Gasteiger partial charge in [0.15, 0.2) is 5.76 Å². The summed E-state index contributed by atoms with van der Waals surface area (Å²) in [7, 11) is 0. The van der Waals surface area contributed by atoms with Gasteiger partial charge in [0.25, 0.3) is 0 Å². The zero-order chi connectivity index (χ0) is 18.5. The van der Waals surface area contributed by atoms with Gasteiger partial charge in [0, 0.05) is 24.0 Å². The molecular weight excluding hydrogens is 328 g/mol. The molecule has 1 atom stereocenters. The molecule has 1 aromatic heterocycles. The standard InChI is InChI=1S/C21H28N2O3/c1-4-6-15(7-5-2)21(24)22-13-18-12-20(26-23-18)16-8-9-19-17(11-16)10-14(3)25-19/h8-9,11-12,14-15H,4-7,10,13H2,1-3H3,(H,22,24). The molecule has 5 nitrogen and oxygen atoms in total. The van der Waals surface area contributed by atoms with Crippen LogP contribution in [-0.4, -0.2) is 17.2 Å². The van der Waals surface area contributed by atoms with E-state index in [4.69, 9.17) is 9.26 Å². The molecule has 1 unspecified atom stereocenters. The van der Waals surface area contributed by atoms with E-state index in [1.165, 1.54) is 5.56 Å². The van der Waals surface area contributed by atoms with Gasteiger partial charge in [0.1, 0.15) is 17.5 Å². The van der Waals surface area contributed by atoms with Crippen molar-refractivity contribution in [2.24, 2.45) is 5.92 Å². The minimum Gasteiger partial charge on any atom is -0.490 e. The van der Waals surface area contributed by atoms with Crippen molar-refractivity contribution >= 4 is 5.91 Å². The number of hydrogen-bond donors (Lipinski definition) is 1. The first-order valence-corrected chi connectivity index (χ1v) is 9.64. The number of amides is 1.